The predicted octanol–water partition coefficient (Wildman–Crippen LogP) is 3.00. The van der Waals surface area contributed by atoms with E-state index in [1.54, 1.807) is 13.8 Å². The molecule has 0 aliphatic carbocycles. The molecule has 2 aliphatic heterocycles. The zero-order chi connectivity index (χ0) is 19.9. The topological polar surface area (TPSA) is 98.6 Å². The minimum Gasteiger partial charge on any atom is -0.494 e. The maximum Gasteiger partial charge on any atom is 0.417 e. The average molecular weight is 380 g/mol. The van der Waals surface area contributed by atoms with Crippen LogP contribution >= 0.6 is 0 Å². The van der Waals surface area contributed by atoms with E-state index in [1.807, 2.05) is 0 Å². The molecule has 4 rings (SSSR count). The number of nitrogens with zero attached hydrogens (tertiary/aromatic N) is 2. The smallest absolute Gasteiger partial charge is 0.417 e. The van der Waals surface area contributed by atoms with Crippen LogP contribution in [0.5, 0.6) is 11.8 Å². The largest absolute Gasteiger partial charge is 0.494 e. The summed E-state index contributed by atoms with van der Waals surface area (Å²) in [6, 6.07) is 4.35. The van der Waals surface area contributed by atoms with Crippen molar-refractivity contribution >= 4 is 0 Å². The molecule has 0 amide bonds. The number of hydrogen-bond acceptors (Lipinski definition) is 5. The summed E-state index contributed by atoms with van der Waals surface area (Å²) >= 11 is 0. The molecule has 3 N–H and O–H groups in total. The molecular formula is C18H15F3N2O4. The Labute approximate surface area is 151 Å². The van der Waals surface area contributed by atoms with Crippen molar-refractivity contribution in [2.75, 3.05) is 0 Å². The van der Waals surface area contributed by atoms with E-state index in [0.717, 1.165) is 10.6 Å². The third kappa shape index (κ3) is 2.08. The molecule has 0 spiro atoms. The van der Waals surface area contributed by atoms with Crippen LogP contribution in [-0.2, 0) is 22.1 Å². The quantitative estimate of drug-likeness (QED) is 0.706. The highest BCUT2D eigenvalue weighted by atomic mass is 19.4. The summed E-state index contributed by atoms with van der Waals surface area (Å²) < 4.78 is 46.5. The molecule has 1 saturated heterocycles. The summed E-state index contributed by atoms with van der Waals surface area (Å²) in [5, 5.41) is 40.6. The van der Waals surface area contributed by atoms with Crippen LogP contribution in [0.3, 0.4) is 0 Å². The third-order valence-electron chi connectivity index (χ3n) is 5.49. The van der Waals surface area contributed by atoms with Crippen molar-refractivity contribution in [1.82, 2.24) is 4.57 Å². The summed E-state index contributed by atoms with van der Waals surface area (Å²) in [6.45, 7) is 3.19. The molecule has 1 fully saturated rings. The van der Waals surface area contributed by atoms with Gasteiger partial charge in [-0.3, -0.25) is 4.57 Å². The Morgan fingerprint density at radius 3 is 2.44 bits per heavy atom. The normalized spacial score (nSPS) is 29.0. The van der Waals surface area contributed by atoms with E-state index in [9.17, 15) is 28.5 Å². The van der Waals surface area contributed by atoms with Crippen molar-refractivity contribution in [3.05, 3.63) is 40.5 Å². The van der Waals surface area contributed by atoms with Gasteiger partial charge in [0.05, 0.1) is 45.7 Å². The Morgan fingerprint density at radius 2 is 1.85 bits per heavy atom. The Morgan fingerprint density at radius 1 is 1.22 bits per heavy atom. The first kappa shape index (κ1) is 17.7. The van der Waals surface area contributed by atoms with Crippen molar-refractivity contribution in [1.29, 1.82) is 5.26 Å². The fourth-order valence-corrected chi connectivity index (χ4v) is 4.28. The van der Waals surface area contributed by atoms with Gasteiger partial charge in [0.2, 0.25) is 11.8 Å². The molecule has 2 aromatic rings. The van der Waals surface area contributed by atoms with E-state index in [2.05, 4.69) is 0 Å². The molecule has 6 nitrogen and oxygen atoms in total. The highest BCUT2D eigenvalue weighted by Crippen LogP contribution is 2.64. The fourth-order valence-electron chi connectivity index (χ4n) is 4.28. The van der Waals surface area contributed by atoms with Gasteiger partial charge in [0.15, 0.2) is 0 Å². The van der Waals surface area contributed by atoms with Gasteiger partial charge in [-0.1, -0.05) is 0 Å². The second kappa shape index (κ2) is 4.97. The third-order valence-corrected chi connectivity index (χ3v) is 5.49. The standard InChI is InChI=1S/C18H15F3N2O4/c1-16-6-11(24)17(2,27-16)13-12(16)14(25)23(15(13)26)9-4-3-8(7-22)10(5-9)18(19,20)21/h3-5,11,24-26H,6H2,1-2H3/t11-,16?,17+/m1/s1. The zero-order valence-corrected chi connectivity index (χ0v) is 14.3. The minimum atomic E-state index is -4.78. The number of hydrogen-bond donors (Lipinski definition) is 3. The van der Waals surface area contributed by atoms with E-state index < -0.39 is 46.4 Å². The number of alkyl halides is 3. The first-order valence-corrected chi connectivity index (χ1v) is 8.11. The Kier molecular flexibility index (Phi) is 3.26. The number of aliphatic hydroxyl groups excluding tert-OH is 1. The van der Waals surface area contributed by atoms with Crippen molar-refractivity contribution < 1.29 is 33.2 Å². The highest BCUT2D eigenvalue weighted by molar-refractivity contribution is 5.62. The number of benzene rings is 1. The van der Waals surface area contributed by atoms with E-state index in [0.29, 0.717) is 6.07 Å². The molecule has 1 unspecified atom stereocenters. The summed E-state index contributed by atoms with van der Waals surface area (Å²) in [5.41, 5.74) is -3.86. The second-order valence-corrected chi connectivity index (χ2v) is 7.23. The Balaban J connectivity index is 1.98. The molecule has 0 radical (unpaired) electrons. The number of rotatable bonds is 1. The van der Waals surface area contributed by atoms with Crippen molar-refractivity contribution in [2.45, 2.75) is 43.8 Å². The van der Waals surface area contributed by atoms with Crippen LogP contribution in [0.1, 0.15) is 42.5 Å². The van der Waals surface area contributed by atoms with Crippen LogP contribution in [-0.4, -0.2) is 26.0 Å². The molecule has 3 atom stereocenters. The number of halogens is 3. The molecular weight excluding hydrogens is 365 g/mol. The molecule has 27 heavy (non-hydrogen) atoms. The van der Waals surface area contributed by atoms with Gasteiger partial charge in [-0.25, -0.2) is 0 Å². The van der Waals surface area contributed by atoms with Crippen LogP contribution in [0.25, 0.3) is 5.69 Å². The summed E-state index contributed by atoms with van der Waals surface area (Å²) in [4.78, 5) is 0. The molecule has 142 valence electrons. The van der Waals surface area contributed by atoms with E-state index in [1.165, 1.54) is 12.1 Å². The van der Waals surface area contributed by atoms with E-state index in [-0.39, 0.29) is 23.2 Å². The van der Waals surface area contributed by atoms with Gasteiger partial charge in [-0.2, -0.15) is 18.4 Å². The van der Waals surface area contributed by atoms with E-state index >= 15 is 0 Å². The lowest BCUT2D eigenvalue weighted by Crippen LogP contribution is -2.32. The minimum absolute atomic E-state index is 0.152. The number of aromatic nitrogens is 1. The number of nitriles is 1. The fraction of sp³-hybridized carbons (Fsp3) is 0.389. The molecule has 2 bridgehead atoms. The van der Waals surface area contributed by atoms with Gasteiger partial charge >= 0.3 is 6.18 Å². The maximum absolute atomic E-state index is 13.3. The number of aromatic hydroxyl groups is 2. The molecule has 9 heteroatoms. The van der Waals surface area contributed by atoms with Crippen LogP contribution in [0, 0.1) is 11.3 Å². The zero-order valence-electron chi connectivity index (χ0n) is 14.3. The van der Waals surface area contributed by atoms with Gasteiger partial charge < -0.3 is 20.1 Å². The Hall–Kier alpha value is -2.70. The monoisotopic (exact) mass is 380 g/mol. The molecule has 1 aromatic heterocycles. The highest BCUT2D eigenvalue weighted by Gasteiger charge is 2.64. The molecule has 2 aliphatic rings. The number of ether oxygens (including phenoxy) is 1. The summed E-state index contributed by atoms with van der Waals surface area (Å²) in [6.07, 6.45) is -5.55. The van der Waals surface area contributed by atoms with Crippen molar-refractivity contribution in [3.8, 4) is 23.5 Å². The van der Waals surface area contributed by atoms with Gasteiger partial charge in [0.25, 0.3) is 0 Å². The van der Waals surface area contributed by atoms with Crippen molar-refractivity contribution in [3.63, 3.8) is 0 Å². The summed E-state index contributed by atoms with van der Waals surface area (Å²) in [5.74, 6) is -0.969. The average Bonchev–Trinajstić information content (AvgIpc) is 3.07. The molecule has 3 heterocycles. The first-order valence-electron chi connectivity index (χ1n) is 8.11. The van der Waals surface area contributed by atoms with E-state index in [4.69, 9.17) is 10.00 Å². The SMILES string of the molecule is CC12C[C@@H](O)[C@](C)(O1)c1c2c(O)n(-c2ccc(C#N)c(C(F)(F)F)c2)c1O. The van der Waals surface area contributed by atoms with Crippen LogP contribution in [0.2, 0.25) is 0 Å². The molecule has 1 aromatic carbocycles. The van der Waals surface area contributed by atoms with Gasteiger partial charge in [0, 0.05) is 6.42 Å². The van der Waals surface area contributed by atoms with Gasteiger partial charge in [0.1, 0.15) is 5.60 Å². The Bertz CT molecular complexity index is 1020. The van der Waals surface area contributed by atoms with Crippen LogP contribution in [0.4, 0.5) is 13.2 Å². The lowest BCUT2D eigenvalue weighted by atomic mass is 9.78. The lowest BCUT2D eigenvalue weighted by Gasteiger charge is -2.25. The predicted molar refractivity (Wildman–Crippen MR) is 85.2 cm³/mol. The van der Waals surface area contributed by atoms with Gasteiger partial charge in [-0.15, -0.1) is 0 Å². The van der Waals surface area contributed by atoms with Crippen LogP contribution < -0.4 is 0 Å². The molecule has 0 saturated carbocycles. The van der Waals surface area contributed by atoms with Gasteiger partial charge in [-0.05, 0) is 32.0 Å². The number of aliphatic hydroxyl groups is 1. The maximum atomic E-state index is 13.3. The number of fused-ring (bicyclic) bond motifs is 5. The van der Waals surface area contributed by atoms with Crippen LogP contribution in [0.15, 0.2) is 18.2 Å². The second-order valence-electron chi connectivity index (χ2n) is 7.23. The summed E-state index contributed by atoms with van der Waals surface area (Å²) in [7, 11) is 0. The van der Waals surface area contributed by atoms with Crippen molar-refractivity contribution in [2.24, 2.45) is 0 Å². The lowest BCUT2D eigenvalue weighted by molar-refractivity contribution is -0.137. The first-order chi connectivity index (χ1) is 12.4.